The maximum atomic E-state index is 4.34. The molecule has 2 unspecified atom stereocenters. The Labute approximate surface area is 66.9 Å². The molecule has 2 nitrogen and oxygen atoms in total. The van der Waals surface area contributed by atoms with Gasteiger partial charge in [0.2, 0.25) is 0 Å². The fraction of sp³-hybridized carbons (Fsp3) is 0.444. The average Bonchev–Trinajstić information content (AvgIpc) is 2.33. The van der Waals surface area contributed by atoms with Crippen LogP contribution in [0.5, 0.6) is 0 Å². The summed E-state index contributed by atoms with van der Waals surface area (Å²) in [7, 11) is 2.07. The monoisotopic (exact) mass is 148 g/mol. The van der Waals surface area contributed by atoms with Crippen LogP contribution in [0.3, 0.4) is 0 Å². The van der Waals surface area contributed by atoms with E-state index in [1.54, 1.807) is 0 Å². The normalized spacial score (nSPS) is 34.0. The van der Waals surface area contributed by atoms with Crippen LogP contribution in [-0.4, -0.2) is 30.4 Å². The molecule has 0 amide bonds. The summed E-state index contributed by atoms with van der Waals surface area (Å²) in [6.07, 6.45) is 8.48. The molecule has 58 valence electrons. The zero-order valence-electron chi connectivity index (χ0n) is 6.86. The lowest BCUT2D eigenvalue weighted by Gasteiger charge is -2.22. The Hall–Kier alpha value is -1.05. The molecule has 0 saturated carbocycles. The second-order valence-corrected chi connectivity index (χ2v) is 3.18. The summed E-state index contributed by atoms with van der Waals surface area (Å²) in [6.45, 7) is 2.12. The summed E-state index contributed by atoms with van der Waals surface area (Å²) in [5, 5.41) is 0. The fourth-order valence-corrected chi connectivity index (χ4v) is 1.54. The van der Waals surface area contributed by atoms with Crippen molar-refractivity contribution in [3.05, 3.63) is 23.8 Å². The Morgan fingerprint density at radius 1 is 1.55 bits per heavy atom. The van der Waals surface area contributed by atoms with Crippen LogP contribution in [0.15, 0.2) is 28.8 Å². The van der Waals surface area contributed by atoms with Crippen molar-refractivity contribution in [1.82, 2.24) is 4.90 Å². The van der Waals surface area contributed by atoms with Gasteiger partial charge in [-0.2, -0.15) is 0 Å². The van der Waals surface area contributed by atoms with Crippen molar-refractivity contribution in [3.63, 3.8) is 0 Å². The van der Waals surface area contributed by atoms with Gasteiger partial charge in [-0.1, -0.05) is 23.8 Å². The standard InChI is InChI=1S/C9H12N2/c1-7-3-4-8-9(5-7)11(2)6-10-8/h3-6,8-9H,1-2H3. The van der Waals surface area contributed by atoms with E-state index in [0.29, 0.717) is 12.1 Å². The Kier molecular flexibility index (Phi) is 1.34. The first-order chi connectivity index (χ1) is 5.27. The molecule has 0 saturated heterocycles. The van der Waals surface area contributed by atoms with Crippen molar-refractivity contribution in [2.75, 3.05) is 7.05 Å². The predicted molar refractivity (Wildman–Crippen MR) is 46.7 cm³/mol. The number of hydrogen-bond acceptors (Lipinski definition) is 2. The van der Waals surface area contributed by atoms with E-state index in [0.717, 1.165) is 0 Å². The number of rotatable bonds is 0. The van der Waals surface area contributed by atoms with E-state index < -0.39 is 0 Å². The van der Waals surface area contributed by atoms with E-state index in [1.807, 2.05) is 6.34 Å². The molecule has 2 rings (SSSR count). The van der Waals surface area contributed by atoms with Gasteiger partial charge in [-0.05, 0) is 6.92 Å². The quantitative estimate of drug-likeness (QED) is 0.504. The van der Waals surface area contributed by atoms with Crippen LogP contribution >= 0.6 is 0 Å². The van der Waals surface area contributed by atoms with Crippen LogP contribution in [0, 0.1) is 0 Å². The maximum Gasteiger partial charge on any atom is 0.0940 e. The van der Waals surface area contributed by atoms with Crippen LogP contribution in [0.2, 0.25) is 0 Å². The lowest BCUT2D eigenvalue weighted by Crippen LogP contribution is -2.32. The number of hydrogen-bond donors (Lipinski definition) is 0. The highest BCUT2D eigenvalue weighted by Crippen LogP contribution is 2.20. The third-order valence-electron chi connectivity index (χ3n) is 2.23. The van der Waals surface area contributed by atoms with Crippen LogP contribution in [0.1, 0.15) is 6.92 Å². The molecule has 0 aromatic heterocycles. The molecule has 2 heteroatoms. The van der Waals surface area contributed by atoms with E-state index in [9.17, 15) is 0 Å². The first-order valence-corrected chi connectivity index (χ1v) is 3.89. The number of nitrogens with zero attached hydrogens (tertiary/aromatic N) is 2. The van der Waals surface area contributed by atoms with Gasteiger partial charge in [0.25, 0.3) is 0 Å². The van der Waals surface area contributed by atoms with Crippen molar-refractivity contribution in [1.29, 1.82) is 0 Å². The molecule has 0 fully saturated rings. The number of aliphatic imine (C=N–C) groups is 1. The third kappa shape index (κ3) is 0.985. The molecule has 11 heavy (non-hydrogen) atoms. The topological polar surface area (TPSA) is 15.6 Å². The van der Waals surface area contributed by atoms with Gasteiger partial charge >= 0.3 is 0 Å². The van der Waals surface area contributed by atoms with E-state index in [2.05, 4.69) is 42.1 Å². The van der Waals surface area contributed by atoms with Gasteiger partial charge in [0.1, 0.15) is 0 Å². The zero-order valence-corrected chi connectivity index (χ0v) is 6.86. The maximum absolute atomic E-state index is 4.34. The highest BCUT2D eigenvalue weighted by atomic mass is 15.2. The summed E-state index contributed by atoms with van der Waals surface area (Å²) < 4.78 is 0. The molecule has 1 aliphatic heterocycles. The minimum atomic E-state index is 0.365. The van der Waals surface area contributed by atoms with E-state index in [-0.39, 0.29) is 0 Å². The van der Waals surface area contributed by atoms with Gasteiger partial charge in [-0.25, -0.2) is 0 Å². The average molecular weight is 148 g/mol. The van der Waals surface area contributed by atoms with Crippen molar-refractivity contribution in [2.24, 2.45) is 4.99 Å². The van der Waals surface area contributed by atoms with Gasteiger partial charge in [0.05, 0.1) is 18.4 Å². The van der Waals surface area contributed by atoms with E-state index in [4.69, 9.17) is 0 Å². The molecule has 0 aromatic carbocycles. The smallest absolute Gasteiger partial charge is 0.0940 e. The Morgan fingerprint density at radius 3 is 3.18 bits per heavy atom. The molecule has 0 radical (unpaired) electrons. The molecular formula is C9H12N2. The summed E-state index contributed by atoms with van der Waals surface area (Å²) in [5.41, 5.74) is 1.34. The zero-order chi connectivity index (χ0) is 7.84. The molecule has 2 atom stereocenters. The van der Waals surface area contributed by atoms with Crippen molar-refractivity contribution in [3.8, 4) is 0 Å². The van der Waals surface area contributed by atoms with Crippen LogP contribution < -0.4 is 0 Å². The Bertz CT molecular complexity index is 250. The van der Waals surface area contributed by atoms with E-state index >= 15 is 0 Å². The highest BCUT2D eigenvalue weighted by Gasteiger charge is 2.25. The molecule has 2 aliphatic rings. The molecule has 1 aliphatic carbocycles. The van der Waals surface area contributed by atoms with Crippen LogP contribution in [0.4, 0.5) is 0 Å². The molecule has 0 N–H and O–H groups in total. The van der Waals surface area contributed by atoms with Crippen molar-refractivity contribution < 1.29 is 0 Å². The molecule has 1 heterocycles. The lowest BCUT2D eigenvalue weighted by atomic mass is 10.00. The Morgan fingerprint density at radius 2 is 2.36 bits per heavy atom. The molecule has 0 spiro atoms. The second-order valence-electron chi connectivity index (χ2n) is 3.18. The molecule has 0 bridgehead atoms. The van der Waals surface area contributed by atoms with Gasteiger partial charge in [0, 0.05) is 7.05 Å². The first-order valence-electron chi connectivity index (χ1n) is 3.89. The third-order valence-corrected chi connectivity index (χ3v) is 2.23. The van der Waals surface area contributed by atoms with Gasteiger partial charge < -0.3 is 4.90 Å². The summed E-state index contributed by atoms with van der Waals surface area (Å²) >= 11 is 0. The van der Waals surface area contributed by atoms with Gasteiger partial charge in [-0.15, -0.1) is 0 Å². The predicted octanol–water partition coefficient (Wildman–Crippen LogP) is 1.21. The molecule has 0 aromatic rings. The number of likely N-dealkylation sites (N-methyl/N-ethyl adjacent to an activating group) is 1. The fourth-order valence-electron chi connectivity index (χ4n) is 1.54. The largest absolute Gasteiger partial charge is 0.357 e. The van der Waals surface area contributed by atoms with Crippen molar-refractivity contribution >= 4 is 6.34 Å². The summed E-state index contributed by atoms with van der Waals surface area (Å²) in [4.78, 5) is 6.49. The number of allylic oxidation sites excluding steroid dienone is 2. The van der Waals surface area contributed by atoms with Crippen LogP contribution in [-0.2, 0) is 0 Å². The minimum absolute atomic E-state index is 0.365. The van der Waals surface area contributed by atoms with Gasteiger partial charge in [0.15, 0.2) is 0 Å². The van der Waals surface area contributed by atoms with E-state index in [1.165, 1.54) is 5.57 Å². The summed E-state index contributed by atoms with van der Waals surface area (Å²) in [6, 6.07) is 0.837. The van der Waals surface area contributed by atoms with Crippen LogP contribution in [0.25, 0.3) is 0 Å². The first kappa shape index (κ1) is 6.65. The SMILES string of the molecule is CC1=CC2C(C=C1)N=CN2C. The number of fused-ring (bicyclic) bond motifs is 1. The summed E-state index contributed by atoms with van der Waals surface area (Å²) in [5.74, 6) is 0. The highest BCUT2D eigenvalue weighted by molar-refractivity contribution is 5.61. The lowest BCUT2D eigenvalue weighted by molar-refractivity contribution is 0.443. The Balaban J connectivity index is 2.27. The molecular weight excluding hydrogens is 136 g/mol. The minimum Gasteiger partial charge on any atom is -0.357 e. The van der Waals surface area contributed by atoms with Gasteiger partial charge in [-0.3, -0.25) is 4.99 Å². The second kappa shape index (κ2) is 2.22. The van der Waals surface area contributed by atoms with Crippen molar-refractivity contribution in [2.45, 2.75) is 19.0 Å².